The molecule has 0 radical (unpaired) electrons. The van der Waals surface area contributed by atoms with Crippen LogP contribution in [0.4, 0.5) is 0 Å². The molecule has 6 heteroatoms. The summed E-state index contributed by atoms with van der Waals surface area (Å²) in [6, 6.07) is 0. The minimum Gasteiger partial charge on any atom is -0.494 e. The topological polar surface area (TPSA) is 84.7 Å². The standard InChI is InChI=1S/C4H6O2.NO3/c1-2-6-4-3-5-1;2-1(3)4/h1-2H,3-4H2;/q;-1/p+1. The molecular weight excluding hydrogens is 142 g/mol. The second-order valence-electron chi connectivity index (χ2n) is 1.24. The minimum atomic E-state index is -1.75. The third kappa shape index (κ3) is 9.74. The number of ether oxygens (including phenoxy) is 2. The summed E-state index contributed by atoms with van der Waals surface area (Å²) in [5.41, 5.74) is 0. The molecule has 0 bridgehead atoms. The Morgan fingerprint density at radius 3 is 1.70 bits per heavy atom. The van der Waals surface area contributed by atoms with Crippen LogP contribution in [0, 0.1) is 15.3 Å². The van der Waals surface area contributed by atoms with Crippen molar-refractivity contribution >= 4 is 0 Å². The second-order valence-corrected chi connectivity index (χ2v) is 1.24. The Labute approximate surface area is 58.3 Å². The number of hydrogen-bond donors (Lipinski definition) is 0. The summed E-state index contributed by atoms with van der Waals surface area (Å²) >= 11 is 0. The van der Waals surface area contributed by atoms with Crippen molar-refractivity contribution in [2.75, 3.05) is 13.2 Å². The maximum absolute atomic E-state index is 8.25. The summed E-state index contributed by atoms with van der Waals surface area (Å²) in [7, 11) is 0. The van der Waals surface area contributed by atoms with Crippen LogP contribution in [0.5, 0.6) is 0 Å². The molecule has 1 heterocycles. The smallest absolute Gasteiger partial charge is 0.494 e. The molecule has 1 rings (SSSR count). The van der Waals surface area contributed by atoms with Gasteiger partial charge in [-0.15, -0.1) is 0 Å². The Hall–Kier alpha value is -1.46. The van der Waals surface area contributed by atoms with Gasteiger partial charge in [0.25, 0.3) is 0 Å². The van der Waals surface area contributed by atoms with E-state index in [-0.39, 0.29) is 1.43 Å². The molecule has 1 aliphatic heterocycles. The lowest BCUT2D eigenvalue weighted by Gasteiger charge is -2.04. The van der Waals surface area contributed by atoms with Crippen LogP contribution in [0.2, 0.25) is 0 Å². The molecule has 0 amide bonds. The highest BCUT2D eigenvalue weighted by Gasteiger charge is 1.85. The molecule has 0 unspecified atom stereocenters. The van der Waals surface area contributed by atoms with Gasteiger partial charge in [-0.05, 0) is 0 Å². The first-order valence-corrected chi connectivity index (χ1v) is 2.43. The zero-order valence-corrected chi connectivity index (χ0v) is 5.06. The van der Waals surface area contributed by atoms with E-state index in [0.29, 0.717) is 13.2 Å². The van der Waals surface area contributed by atoms with Crippen LogP contribution in [-0.2, 0) is 9.47 Å². The predicted octanol–water partition coefficient (Wildman–Crippen LogP) is 0.378. The Kier molecular flexibility index (Phi) is 4.84. The van der Waals surface area contributed by atoms with Crippen LogP contribution in [-0.4, -0.2) is 18.3 Å². The van der Waals surface area contributed by atoms with Crippen LogP contribution in [0.15, 0.2) is 12.5 Å². The molecule has 0 saturated heterocycles. The number of nitrogens with zero attached hydrogens (tertiary/aromatic N) is 1. The Balaban J connectivity index is 0. The van der Waals surface area contributed by atoms with Gasteiger partial charge in [0.1, 0.15) is 25.7 Å². The summed E-state index contributed by atoms with van der Waals surface area (Å²) in [5.74, 6) is 0. The summed E-state index contributed by atoms with van der Waals surface area (Å²) in [6.45, 7) is 1.38. The van der Waals surface area contributed by atoms with Gasteiger partial charge in [-0.25, -0.2) is 0 Å². The average molecular weight is 149 g/mol. The van der Waals surface area contributed by atoms with Crippen LogP contribution in [0.3, 0.4) is 0 Å². The fourth-order valence-electron chi connectivity index (χ4n) is 0.311. The van der Waals surface area contributed by atoms with Gasteiger partial charge in [0.2, 0.25) is 0 Å². The monoisotopic (exact) mass is 149 g/mol. The zero-order chi connectivity index (χ0) is 7.82. The highest BCUT2D eigenvalue weighted by Crippen LogP contribution is 1.87. The summed E-state index contributed by atoms with van der Waals surface area (Å²) in [4.78, 5) is 8.25. The molecule has 0 saturated carbocycles. The van der Waals surface area contributed by atoms with E-state index >= 15 is 0 Å². The maximum Gasteiger partial charge on any atom is 1.00 e. The first-order chi connectivity index (χ1) is 4.73. The molecule has 58 valence electrons. The van der Waals surface area contributed by atoms with Crippen LogP contribution < -0.4 is 0 Å². The van der Waals surface area contributed by atoms with Crippen molar-refractivity contribution in [3.05, 3.63) is 27.8 Å². The molecule has 6 nitrogen and oxygen atoms in total. The van der Waals surface area contributed by atoms with Crippen LogP contribution in [0.1, 0.15) is 1.43 Å². The van der Waals surface area contributed by atoms with Gasteiger partial charge in [-0.3, -0.25) is 0 Å². The van der Waals surface area contributed by atoms with E-state index in [1.807, 2.05) is 0 Å². The van der Waals surface area contributed by atoms with E-state index in [4.69, 9.17) is 24.8 Å². The summed E-state index contributed by atoms with van der Waals surface area (Å²) < 4.78 is 9.53. The lowest BCUT2D eigenvalue weighted by molar-refractivity contribution is -0.402. The van der Waals surface area contributed by atoms with Crippen molar-refractivity contribution in [2.24, 2.45) is 0 Å². The van der Waals surface area contributed by atoms with E-state index in [0.717, 1.165) is 0 Å². The highest BCUT2D eigenvalue weighted by atomic mass is 16.9. The fourth-order valence-corrected chi connectivity index (χ4v) is 0.311. The van der Waals surface area contributed by atoms with Gasteiger partial charge in [-0.1, -0.05) is 0 Å². The highest BCUT2D eigenvalue weighted by molar-refractivity contribution is 4.64. The number of hydrogen-bond acceptors (Lipinski definition) is 5. The molecule has 1 aliphatic rings. The second kappa shape index (κ2) is 5.67. The van der Waals surface area contributed by atoms with Gasteiger partial charge < -0.3 is 24.8 Å². The molecule has 0 atom stereocenters. The normalized spacial score (nSPS) is 13.6. The van der Waals surface area contributed by atoms with E-state index < -0.39 is 5.09 Å². The van der Waals surface area contributed by atoms with Crippen LogP contribution >= 0.6 is 0 Å². The molecule has 0 spiro atoms. The quantitative estimate of drug-likeness (QED) is 0.367. The summed E-state index contributed by atoms with van der Waals surface area (Å²) in [5, 5.41) is 14.8. The van der Waals surface area contributed by atoms with Crippen molar-refractivity contribution in [1.29, 1.82) is 0 Å². The Bertz CT molecular complexity index is 116. The van der Waals surface area contributed by atoms with E-state index in [1.165, 1.54) is 0 Å². The molecule has 0 fully saturated rings. The molecule has 10 heavy (non-hydrogen) atoms. The van der Waals surface area contributed by atoms with Crippen molar-refractivity contribution in [3.8, 4) is 0 Å². The molecule has 0 aromatic rings. The Morgan fingerprint density at radius 2 is 1.60 bits per heavy atom. The van der Waals surface area contributed by atoms with Crippen LogP contribution in [0.25, 0.3) is 0 Å². The third-order valence-corrected chi connectivity index (χ3v) is 0.567. The molecular formula is C4H7NO5. The van der Waals surface area contributed by atoms with Gasteiger partial charge >= 0.3 is 1.43 Å². The van der Waals surface area contributed by atoms with Crippen molar-refractivity contribution in [1.82, 2.24) is 0 Å². The molecule has 0 N–H and O–H groups in total. The third-order valence-electron chi connectivity index (χ3n) is 0.567. The first kappa shape index (κ1) is 8.54. The van der Waals surface area contributed by atoms with E-state index in [1.54, 1.807) is 12.5 Å². The van der Waals surface area contributed by atoms with Gasteiger partial charge in [0.05, 0.1) is 5.09 Å². The zero-order valence-electron chi connectivity index (χ0n) is 6.06. The van der Waals surface area contributed by atoms with Crippen molar-refractivity contribution in [2.45, 2.75) is 0 Å². The van der Waals surface area contributed by atoms with E-state index in [2.05, 4.69) is 0 Å². The van der Waals surface area contributed by atoms with Gasteiger partial charge in [-0.2, -0.15) is 0 Å². The van der Waals surface area contributed by atoms with Gasteiger partial charge in [0, 0.05) is 0 Å². The van der Waals surface area contributed by atoms with Crippen molar-refractivity contribution in [3.63, 3.8) is 0 Å². The SMILES string of the molecule is C1=COCCO1.O=[N+]([O-])[O-].[H+]. The fraction of sp³-hybridized carbons (Fsp3) is 0.500. The van der Waals surface area contributed by atoms with E-state index in [9.17, 15) is 0 Å². The maximum atomic E-state index is 8.25. The van der Waals surface area contributed by atoms with Crippen molar-refractivity contribution < 1.29 is 16.0 Å². The minimum absolute atomic E-state index is 0. The predicted molar refractivity (Wildman–Crippen MR) is 32.5 cm³/mol. The molecule has 0 aromatic heterocycles. The molecule has 0 aliphatic carbocycles. The number of rotatable bonds is 0. The first-order valence-electron chi connectivity index (χ1n) is 2.43. The Morgan fingerprint density at radius 1 is 1.30 bits per heavy atom. The average Bonchev–Trinajstić information content (AvgIpc) is 1.90. The lowest BCUT2D eigenvalue weighted by atomic mass is 10.7. The lowest BCUT2D eigenvalue weighted by Crippen LogP contribution is -2.00. The largest absolute Gasteiger partial charge is 1.00 e. The summed E-state index contributed by atoms with van der Waals surface area (Å²) in [6.07, 6.45) is 3.09. The molecule has 0 aromatic carbocycles. The van der Waals surface area contributed by atoms with Gasteiger partial charge in [0.15, 0.2) is 0 Å².